The zero-order valence-corrected chi connectivity index (χ0v) is 51.9. The summed E-state index contributed by atoms with van der Waals surface area (Å²) in [4.78, 5) is 159. The maximum Gasteiger partial charge on any atom is 0.322 e. The van der Waals surface area contributed by atoms with Crippen LogP contribution in [-0.4, -0.2) is 191 Å². The Morgan fingerprint density at radius 2 is 1.03 bits per heavy atom. The molecule has 0 radical (unpaired) electrons. The molecule has 0 aromatic rings. The van der Waals surface area contributed by atoms with Gasteiger partial charge in [-0.05, 0) is 115 Å². The third-order valence-electron chi connectivity index (χ3n) is 14.2. The largest absolute Gasteiger partial charge is 0.480 e. The zero-order chi connectivity index (χ0) is 65.5. The molecule has 1 saturated heterocycles. The highest BCUT2D eigenvalue weighted by atomic mass is 16.4. The molecule has 0 saturated carbocycles. The number of aliphatic imine (C=N–C) groups is 2. The number of carbonyl (C=O) groups excluding carboxylic acids is 10. The molecule has 0 unspecified atom stereocenters. The first-order chi connectivity index (χ1) is 40.3. The van der Waals surface area contributed by atoms with E-state index in [-0.39, 0.29) is 88.5 Å². The molecule has 10 amide bonds. The summed E-state index contributed by atoms with van der Waals surface area (Å²) < 4.78 is 0. The molecule has 1 aliphatic heterocycles. The van der Waals surface area contributed by atoms with Gasteiger partial charge in [0.25, 0.3) is 0 Å². The van der Waals surface area contributed by atoms with Crippen LogP contribution in [-0.2, 0) is 52.7 Å². The first kappa shape index (κ1) is 76.6. The fourth-order valence-corrected chi connectivity index (χ4v) is 9.27. The number of hydrogen-bond donors (Lipinski definition) is 17. The van der Waals surface area contributed by atoms with Crippen LogP contribution in [0.25, 0.3) is 0 Å². The Bertz CT molecular complexity index is 2310. The van der Waals surface area contributed by atoms with E-state index in [9.17, 15) is 57.8 Å². The van der Waals surface area contributed by atoms with Gasteiger partial charge in [0.05, 0.1) is 12.1 Å². The number of unbranched alkanes of at least 4 members (excludes halogenated alkanes) is 1. The molecule has 0 bridgehead atoms. The molecule has 0 aliphatic carbocycles. The van der Waals surface area contributed by atoms with Crippen molar-refractivity contribution in [3.8, 4) is 0 Å². The number of guanidine groups is 2. The molecule has 490 valence electrons. The van der Waals surface area contributed by atoms with E-state index in [1.807, 2.05) is 27.7 Å². The van der Waals surface area contributed by atoms with Crippen molar-refractivity contribution in [3.05, 3.63) is 0 Å². The van der Waals surface area contributed by atoms with Gasteiger partial charge in [0.15, 0.2) is 11.9 Å². The lowest BCUT2D eigenvalue weighted by Crippen LogP contribution is -2.62. The average Bonchev–Trinajstić information content (AvgIpc) is 2.86. The number of nitrogens with one attached hydrogen (secondary N) is 9. The molecule has 31 heteroatoms. The molecule has 31 nitrogen and oxygen atoms in total. The Balaban J connectivity index is 3.41. The fourth-order valence-electron chi connectivity index (χ4n) is 9.27. The van der Waals surface area contributed by atoms with Crippen LogP contribution < -0.4 is 82.3 Å². The number of hydrogen-bond acceptors (Lipinski definition) is 16. The van der Waals surface area contributed by atoms with Crippen molar-refractivity contribution >= 4 is 77.0 Å². The van der Waals surface area contributed by atoms with Crippen LogP contribution >= 0.6 is 0 Å². The van der Waals surface area contributed by atoms with Crippen LogP contribution in [0.15, 0.2) is 9.98 Å². The number of aliphatic hydroxyl groups excluding tert-OH is 1. The van der Waals surface area contributed by atoms with Gasteiger partial charge in [-0.15, -0.1) is 0 Å². The Morgan fingerprint density at radius 1 is 0.558 bits per heavy atom. The van der Waals surface area contributed by atoms with E-state index in [0.717, 1.165) is 0 Å². The van der Waals surface area contributed by atoms with Crippen molar-refractivity contribution in [2.75, 3.05) is 32.7 Å². The summed E-state index contributed by atoms with van der Waals surface area (Å²) in [6.45, 7) is 16.7. The maximum atomic E-state index is 14.4. The summed E-state index contributed by atoms with van der Waals surface area (Å²) in [6.07, 6.45) is 1.25. The number of rotatable bonds is 40. The Morgan fingerprint density at radius 3 is 1.55 bits per heavy atom. The highest BCUT2D eigenvalue weighted by molar-refractivity contribution is 5.99. The van der Waals surface area contributed by atoms with Gasteiger partial charge in [-0.1, -0.05) is 61.8 Å². The predicted molar refractivity (Wildman–Crippen MR) is 322 cm³/mol. The number of aliphatic carboxylic acids is 1. The normalized spacial score (nSPS) is 16.9. The monoisotopic (exact) mass is 1220 g/mol. The van der Waals surface area contributed by atoms with Gasteiger partial charge < -0.3 is 97.4 Å². The van der Waals surface area contributed by atoms with E-state index in [1.54, 1.807) is 27.7 Å². The van der Waals surface area contributed by atoms with Crippen LogP contribution in [0.4, 0.5) is 0 Å². The quantitative estimate of drug-likeness (QED) is 0.0157. The molecule has 23 N–H and O–H groups in total. The van der Waals surface area contributed by atoms with E-state index < -0.39 is 150 Å². The van der Waals surface area contributed by atoms with Gasteiger partial charge in [-0.3, -0.25) is 62.7 Å². The molecular formula is C55H102N18O13. The first-order valence-corrected chi connectivity index (χ1v) is 29.7. The van der Waals surface area contributed by atoms with Gasteiger partial charge in [0.2, 0.25) is 59.1 Å². The molecule has 1 aliphatic rings. The average molecular weight is 1220 g/mol. The van der Waals surface area contributed by atoms with E-state index >= 15 is 0 Å². The van der Waals surface area contributed by atoms with Crippen molar-refractivity contribution in [3.63, 3.8) is 0 Å². The second-order valence-corrected chi connectivity index (χ2v) is 23.2. The number of likely N-dealkylation sites (tertiary alicyclic amines) is 1. The minimum Gasteiger partial charge on any atom is -0.480 e. The Hall–Kier alpha value is -7.41. The topological polar surface area (TPSA) is 521 Å². The molecule has 1 fully saturated rings. The summed E-state index contributed by atoms with van der Waals surface area (Å²) in [5.41, 5.74) is 33.7. The third kappa shape index (κ3) is 28.2. The minimum atomic E-state index is -1.70. The number of carboxylic acids is 1. The first-order valence-electron chi connectivity index (χ1n) is 29.7. The van der Waals surface area contributed by atoms with E-state index in [4.69, 9.17) is 39.5 Å². The smallest absolute Gasteiger partial charge is 0.322 e. The number of carbonyl (C=O) groups is 11. The summed E-state index contributed by atoms with van der Waals surface area (Å²) >= 11 is 0. The fraction of sp³-hybridized carbons (Fsp3) is 0.764. The van der Waals surface area contributed by atoms with Crippen molar-refractivity contribution in [1.29, 1.82) is 0 Å². The molecule has 12 atom stereocenters. The maximum absolute atomic E-state index is 14.4. The molecule has 0 aromatic heterocycles. The lowest BCUT2D eigenvalue weighted by atomic mass is 9.95. The minimum absolute atomic E-state index is 0.00983. The standard InChI is InChI=1S/C55H102N18O13/c1-11-31(8)42(51(84)70-41(30(6)7)50(83)67-36(18-14-22-62-54(58)59)47(80)72-43(33(10)74)52(85)66-35(17-12-13-21-56)46(79)64-27-40(75)76)71-48(81)38(26-29(4)5)69-44(77)32(9)65-49(82)39-20-16-24-73(39)53(86)37(19-15-23-63-55(60)61)68-45(78)34(57)25-28(2)3/h28-39,41-43,74H,11-27,56-57H2,1-10H3,(H,64,79)(H,65,82)(H,66,85)(H,67,83)(H,68,78)(H,69,77)(H,70,84)(H,71,81)(H,72,80)(H,75,76)(H4,58,59,62)(H4,60,61,63)/t31-,32-,33+,34-,35-,36-,37-,38-,39-,41-,42-,43-/m0/s1. The number of nitrogens with two attached hydrogens (primary N) is 6. The summed E-state index contributed by atoms with van der Waals surface area (Å²) in [5, 5.41) is 43.1. The van der Waals surface area contributed by atoms with E-state index in [2.05, 4.69) is 57.8 Å². The SMILES string of the molecule is CC[C@H](C)[C@H](NC(=O)[C@H](CC(C)C)NC(=O)[C@H](C)NC(=O)[C@@H]1CCCN1C(=O)[C@H](CCCN=C(N)N)NC(=O)[C@@H](N)CC(C)C)C(=O)N[C@H](C(=O)N[C@@H](CCCN=C(N)N)C(=O)N[C@H](C(=O)N[C@@H](CCCCN)C(=O)NCC(=O)O)[C@@H](C)O)C(C)C. The lowest BCUT2D eigenvalue weighted by molar-refractivity contribution is -0.142. The van der Waals surface area contributed by atoms with E-state index in [1.165, 1.54) is 18.7 Å². The van der Waals surface area contributed by atoms with Gasteiger partial charge in [0, 0.05) is 19.6 Å². The van der Waals surface area contributed by atoms with Crippen LogP contribution in [0.2, 0.25) is 0 Å². The third-order valence-corrected chi connectivity index (χ3v) is 14.2. The van der Waals surface area contributed by atoms with Crippen molar-refractivity contribution in [2.45, 2.75) is 213 Å². The predicted octanol–water partition coefficient (Wildman–Crippen LogP) is -4.18. The second-order valence-electron chi connectivity index (χ2n) is 23.2. The van der Waals surface area contributed by atoms with Gasteiger partial charge in [0.1, 0.15) is 60.9 Å². The molecule has 86 heavy (non-hydrogen) atoms. The number of carboxylic acid groups (broad SMARTS) is 1. The van der Waals surface area contributed by atoms with Crippen LogP contribution in [0.1, 0.15) is 146 Å². The van der Waals surface area contributed by atoms with Gasteiger partial charge >= 0.3 is 5.97 Å². The van der Waals surface area contributed by atoms with E-state index in [0.29, 0.717) is 38.5 Å². The number of aliphatic hydroxyl groups is 1. The van der Waals surface area contributed by atoms with Crippen LogP contribution in [0.3, 0.4) is 0 Å². The highest BCUT2D eigenvalue weighted by Crippen LogP contribution is 2.21. The van der Waals surface area contributed by atoms with Crippen molar-refractivity contribution in [2.24, 2.45) is 68.1 Å². The highest BCUT2D eigenvalue weighted by Gasteiger charge is 2.41. The Kier molecular flexibility index (Phi) is 35.0. The van der Waals surface area contributed by atoms with Crippen LogP contribution in [0.5, 0.6) is 0 Å². The number of amides is 10. The lowest BCUT2D eigenvalue weighted by Gasteiger charge is -2.31. The zero-order valence-electron chi connectivity index (χ0n) is 51.9. The summed E-state index contributed by atoms with van der Waals surface area (Å²) in [6, 6.07) is -12.5. The Labute approximate surface area is 504 Å². The molecule has 0 aromatic carbocycles. The second kappa shape index (κ2) is 39.3. The van der Waals surface area contributed by atoms with Crippen molar-refractivity contribution < 1.29 is 63.0 Å². The van der Waals surface area contributed by atoms with Crippen LogP contribution in [0, 0.1) is 23.7 Å². The van der Waals surface area contributed by atoms with Gasteiger partial charge in [-0.25, -0.2) is 0 Å². The molecule has 1 rings (SSSR count). The molecule has 0 spiro atoms. The van der Waals surface area contributed by atoms with Gasteiger partial charge in [-0.2, -0.15) is 0 Å². The summed E-state index contributed by atoms with van der Waals surface area (Å²) in [7, 11) is 0. The summed E-state index contributed by atoms with van der Waals surface area (Å²) in [5.74, 6) is -10.6. The molecular weight excluding hydrogens is 1120 g/mol. The van der Waals surface area contributed by atoms with Crippen molar-refractivity contribution in [1.82, 2.24) is 52.8 Å². The molecule has 1 heterocycles. The number of nitrogens with zero attached hydrogens (tertiary/aromatic N) is 3.